The SMILES string of the molecule is CC1(c2ccccc2)CC(C)(C)N2C(=O)C(=O)c3cc(Br)cc1c32. The number of nitrogens with zero attached hydrogens (tertiary/aromatic N) is 1. The predicted octanol–water partition coefficient (Wildman–Crippen LogP) is 4.47. The van der Waals surface area contributed by atoms with Crippen LogP contribution in [0.4, 0.5) is 5.69 Å². The smallest absolute Gasteiger partial charge is 0.299 e. The Bertz CT molecular complexity index is 888. The highest BCUT2D eigenvalue weighted by Crippen LogP contribution is 2.54. The first-order chi connectivity index (χ1) is 11.3. The van der Waals surface area contributed by atoms with Gasteiger partial charge in [0.25, 0.3) is 11.7 Å². The summed E-state index contributed by atoms with van der Waals surface area (Å²) in [6, 6.07) is 14.1. The standard InChI is InChI=1S/C20H18BrNO2/c1-19(2)11-20(3,12-7-5-4-6-8-12)15-10-13(21)9-14-16(15)22(19)18(24)17(14)23/h4-10H,11H2,1-3H3. The van der Waals surface area contributed by atoms with Crippen molar-refractivity contribution in [3.05, 3.63) is 63.6 Å². The van der Waals surface area contributed by atoms with Crippen LogP contribution in [-0.2, 0) is 10.2 Å². The highest BCUT2D eigenvalue weighted by molar-refractivity contribution is 9.10. The van der Waals surface area contributed by atoms with Crippen molar-refractivity contribution < 1.29 is 9.59 Å². The molecule has 0 saturated carbocycles. The summed E-state index contributed by atoms with van der Waals surface area (Å²) in [5.74, 6) is -0.817. The van der Waals surface area contributed by atoms with E-state index in [0.717, 1.165) is 22.1 Å². The first-order valence-corrected chi connectivity index (χ1v) is 8.83. The molecule has 0 N–H and O–H groups in total. The molecule has 0 saturated heterocycles. The Kier molecular flexibility index (Phi) is 3.11. The van der Waals surface area contributed by atoms with Crippen molar-refractivity contribution in [2.45, 2.75) is 38.1 Å². The number of ketones is 1. The quantitative estimate of drug-likeness (QED) is 0.681. The molecule has 0 aromatic heterocycles. The minimum absolute atomic E-state index is 0.264. The van der Waals surface area contributed by atoms with Gasteiger partial charge in [-0.25, -0.2) is 0 Å². The molecule has 0 fully saturated rings. The second-order valence-electron chi connectivity index (χ2n) is 7.51. The normalized spacial score (nSPS) is 24.2. The third-order valence-electron chi connectivity index (χ3n) is 5.34. The van der Waals surface area contributed by atoms with Crippen LogP contribution in [0.1, 0.15) is 48.7 Å². The second-order valence-corrected chi connectivity index (χ2v) is 8.42. The lowest BCUT2D eigenvalue weighted by Gasteiger charge is -2.49. The van der Waals surface area contributed by atoms with E-state index in [2.05, 4.69) is 41.1 Å². The van der Waals surface area contributed by atoms with E-state index in [1.54, 1.807) is 11.0 Å². The number of Topliss-reactive ketones (excluding diaryl/α,β-unsaturated/α-hetero) is 1. The van der Waals surface area contributed by atoms with E-state index < -0.39 is 17.2 Å². The fourth-order valence-corrected chi connectivity index (χ4v) is 4.89. The molecule has 0 spiro atoms. The molecule has 122 valence electrons. The first kappa shape index (κ1) is 15.6. The second kappa shape index (κ2) is 4.79. The van der Waals surface area contributed by atoms with E-state index in [1.165, 1.54) is 5.56 Å². The van der Waals surface area contributed by atoms with Crippen molar-refractivity contribution in [3.63, 3.8) is 0 Å². The number of rotatable bonds is 1. The van der Waals surface area contributed by atoms with Gasteiger partial charge in [-0.2, -0.15) is 0 Å². The van der Waals surface area contributed by atoms with Gasteiger partial charge in [0.2, 0.25) is 0 Å². The van der Waals surface area contributed by atoms with Crippen molar-refractivity contribution in [1.82, 2.24) is 0 Å². The fourth-order valence-electron chi connectivity index (χ4n) is 4.43. The number of anilines is 1. The minimum Gasteiger partial charge on any atom is -0.299 e. The molecule has 2 aliphatic heterocycles. The van der Waals surface area contributed by atoms with Crippen molar-refractivity contribution >= 4 is 33.3 Å². The van der Waals surface area contributed by atoms with Crippen LogP contribution < -0.4 is 4.90 Å². The molecule has 3 nitrogen and oxygen atoms in total. The van der Waals surface area contributed by atoms with E-state index in [-0.39, 0.29) is 5.41 Å². The minimum atomic E-state index is -0.427. The van der Waals surface area contributed by atoms with Crippen LogP contribution in [-0.4, -0.2) is 17.2 Å². The number of carbonyl (C=O) groups excluding carboxylic acids is 2. The van der Waals surface area contributed by atoms with E-state index >= 15 is 0 Å². The monoisotopic (exact) mass is 383 g/mol. The van der Waals surface area contributed by atoms with Crippen molar-refractivity contribution in [3.8, 4) is 0 Å². The maximum absolute atomic E-state index is 12.6. The summed E-state index contributed by atoms with van der Waals surface area (Å²) >= 11 is 3.52. The third kappa shape index (κ3) is 1.89. The molecule has 24 heavy (non-hydrogen) atoms. The number of benzene rings is 2. The summed E-state index contributed by atoms with van der Waals surface area (Å²) in [4.78, 5) is 26.8. The van der Waals surface area contributed by atoms with Crippen LogP contribution in [0.15, 0.2) is 46.9 Å². The largest absolute Gasteiger partial charge is 0.299 e. The zero-order valence-electron chi connectivity index (χ0n) is 13.9. The molecule has 2 heterocycles. The van der Waals surface area contributed by atoms with Gasteiger partial charge in [-0.15, -0.1) is 0 Å². The summed E-state index contributed by atoms with van der Waals surface area (Å²) in [6.07, 6.45) is 0.756. The maximum atomic E-state index is 12.6. The van der Waals surface area contributed by atoms with Crippen LogP contribution >= 0.6 is 15.9 Å². The summed E-state index contributed by atoms with van der Waals surface area (Å²) in [6.45, 7) is 6.29. The highest BCUT2D eigenvalue weighted by Gasteiger charge is 2.53. The Morgan fingerprint density at radius 2 is 1.71 bits per heavy atom. The Balaban J connectivity index is 2.08. The van der Waals surface area contributed by atoms with Gasteiger partial charge in [0.15, 0.2) is 0 Å². The summed E-state index contributed by atoms with van der Waals surface area (Å²) in [5.41, 5.74) is 2.85. The van der Waals surface area contributed by atoms with E-state index in [1.807, 2.05) is 32.0 Å². The maximum Gasteiger partial charge on any atom is 0.299 e. The van der Waals surface area contributed by atoms with Crippen molar-refractivity contribution in [2.24, 2.45) is 0 Å². The molecule has 2 aromatic carbocycles. The Morgan fingerprint density at radius 1 is 1.04 bits per heavy atom. The van der Waals surface area contributed by atoms with Crippen LogP contribution in [0.5, 0.6) is 0 Å². The summed E-state index contributed by atoms with van der Waals surface area (Å²) < 4.78 is 0.834. The third-order valence-corrected chi connectivity index (χ3v) is 5.79. The zero-order chi connectivity index (χ0) is 17.3. The first-order valence-electron chi connectivity index (χ1n) is 8.04. The number of carbonyl (C=O) groups is 2. The van der Waals surface area contributed by atoms with Gasteiger partial charge in [-0.1, -0.05) is 53.2 Å². The molecule has 1 unspecified atom stereocenters. The van der Waals surface area contributed by atoms with Crippen LogP contribution in [0.25, 0.3) is 0 Å². The average molecular weight is 384 g/mol. The molecule has 2 aliphatic rings. The molecule has 4 heteroatoms. The molecule has 4 rings (SSSR count). The van der Waals surface area contributed by atoms with Gasteiger partial charge in [0.05, 0.1) is 11.3 Å². The molecule has 2 aromatic rings. The lowest BCUT2D eigenvalue weighted by Crippen LogP contribution is -2.54. The number of amides is 1. The van der Waals surface area contributed by atoms with Gasteiger partial charge < -0.3 is 0 Å². The topological polar surface area (TPSA) is 37.4 Å². The van der Waals surface area contributed by atoms with Crippen LogP contribution in [0, 0.1) is 0 Å². The van der Waals surface area contributed by atoms with Gasteiger partial charge in [-0.05, 0) is 43.5 Å². The van der Waals surface area contributed by atoms with Crippen LogP contribution in [0.2, 0.25) is 0 Å². The lowest BCUT2D eigenvalue weighted by atomic mass is 9.65. The molecular weight excluding hydrogens is 366 g/mol. The molecule has 1 amide bonds. The lowest BCUT2D eigenvalue weighted by molar-refractivity contribution is -0.115. The summed E-state index contributed by atoms with van der Waals surface area (Å²) in [7, 11) is 0. The molecule has 0 bridgehead atoms. The molecule has 1 atom stereocenters. The Morgan fingerprint density at radius 3 is 2.38 bits per heavy atom. The van der Waals surface area contributed by atoms with Crippen molar-refractivity contribution in [2.75, 3.05) is 4.90 Å². The van der Waals surface area contributed by atoms with Crippen molar-refractivity contribution in [1.29, 1.82) is 0 Å². The van der Waals surface area contributed by atoms with E-state index in [4.69, 9.17) is 0 Å². The predicted molar refractivity (Wildman–Crippen MR) is 97.6 cm³/mol. The summed E-state index contributed by atoms with van der Waals surface area (Å²) in [5, 5.41) is 0. The number of hydrogen-bond acceptors (Lipinski definition) is 2. The molecular formula is C20H18BrNO2. The van der Waals surface area contributed by atoms with Crippen LogP contribution in [0.3, 0.4) is 0 Å². The van der Waals surface area contributed by atoms with E-state index in [0.29, 0.717) is 5.56 Å². The molecule has 0 aliphatic carbocycles. The number of hydrogen-bond donors (Lipinski definition) is 0. The van der Waals surface area contributed by atoms with Gasteiger partial charge in [0, 0.05) is 15.4 Å². The van der Waals surface area contributed by atoms with Gasteiger partial charge in [0.1, 0.15) is 0 Å². The fraction of sp³-hybridized carbons (Fsp3) is 0.300. The Labute approximate surface area is 149 Å². The Hall–Kier alpha value is -1.94. The van der Waals surface area contributed by atoms with Gasteiger partial charge in [-0.3, -0.25) is 14.5 Å². The average Bonchev–Trinajstić information content (AvgIpc) is 2.79. The number of halogens is 1. The van der Waals surface area contributed by atoms with Gasteiger partial charge >= 0.3 is 0 Å². The zero-order valence-corrected chi connectivity index (χ0v) is 15.5. The highest BCUT2D eigenvalue weighted by atomic mass is 79.9. The van der Waals surface area contributed by atoms with E-state index in [9.17, 15) is 9.59 Å². The molecule has 0 radical (unpaired) electrons.